The maximum absolute atomic E-state index is 12.9. The lowest BCUT2D eigenvalue weighted by molar-refractivity contribution is -0.137. The Kier molecular flexibility index (Phi) is 4.47. The van der Waals surface area contributed by atoms with E-state index in [-0.39, 0.29) is 11.3 Å². The first kappa shape index (κ1) is 18.6. The molecule has 4 aromatic rings. The highest BCUT2D eigenvalue weighted by Crippen LogP contribution is 2.33. The summed E-state index contributed by atoms with van der Waals surface area (Å²) in [6.45, 7) is 0. The van der Waals surface area contributed by atoms with E-state index in [2.05, 4.69) is 11.1 Å². The van der Waals surface area contributed by atoms with E-state index in [9.17, 15) is 18.4 Å². The standard InChI is InChI=1S/C22H14F3N3O/c1-28-19-8-3-2-7-18(19)27-21(28)15(13-26)12-17-9-10-20(29-17)14-5-4-6-16(11-14)22(23,24)25/h2-12H,1H3. The number of benzene rings is 2. The molecule has 0 unspecified atom stereocenters. The van der Waals surface area contributed by atoms with Crippen molar-refractivity contribution < 1.29 is 17.6 Å². The molecule has 0 spiro atoms. The summed E-state index contributed by atoms with van der Waals surface area (Å²) in [5.74, 6) is 1.11. The van der Waals surface area contributed by atoms with Gasteiger partial charge in [0.15, 0.2) is 5.82 Å². The van der Waals surface area contributed by atoms with Gasteiger partial charge in [-0.3, -0.25) is 0 Å². The maximum Gasteiger partial charge on any atom is 0.416 e. The number of fused-ring (bicyclic) bond motifs is 1. The molecule has 0 atom stereocenters. The molecule has 2 heterocycles. The lowest BCUT2D eigenvalue weighted by Gasteiger charge is -2.07. The lowest BCUT2D eigenvalue weighted by atomic mass is 10.1. The van der Waals surface area contributed by atoms with Crippen molar-refractivity contribution in [1.29, 1.82) is 5.26 Å². The Labute approximate surface area is 164 Å². The molecular weight excluding hydrogens is 379 g/mol. The quantitative estimate of drug-likeness (QED) is 0.406. The van der Waals surface area contributed by atoms with Gasteiger partial charge in [0.05, 0.1) is 22.2 Å². The van der Waals surface area contributed by atoms with E-state index in [1.165, 1.54) is 18.2 Å². The van der Waals surface area contributed by atoms with E-state index in [1.807, 2.05) is 31.3 Å². The van der Waals surface area contributed by atoms with Crippen LogP contribution in [0.4, 0.5) is 13.2 Å². The number of alkyl halides is 3. The highest BCUT2D eigenvalue weighted by Gasteiger charge is 2.30. The molecule has 29 heavy (non-hydrogen) atoms. The van der Waals surface area contributed by atoms with Crippen molar-refractivity contribution in [2.24, 2.45) is 7.05 Å². The zero-order valence-corrected chi connectivity index (χ0v) is 15.2. The molecule has 0 saturated heterocycles. The predicted molar refractivity (Wildman–Crippen MR) is 103 cm³/mol. The Bertz CT molecular complexity index is 1270. The molecule has 2 aromatic heterocycles. The molecule has 0 aliphatic rings. The largest absolute Gasteiger partial charge is 0.457 e. The van der Waals surface area contributed by atoms with Crippen molar-refractivity contribution in [2.45, 2.75) is 6.18 Å². The first-order valence-electron chi connectivity index (χ1n) is 8.68. The number of allylic oxidation sites excluding steroid dienone is 1. The maximum atomic E-state index is 12.9. The zero-order valence-electron chi connectivity index (χ0n) is 15.2. The van der Waals surface area contributed by atoms with Crippen LogP contribution in [0.15, 0.2) is 65.1 Å². The molecule has 0 bridgehead atoms. The summed E-state index contributed by atoms with van der Waals surface area (Å²) in [5.41, 5.74) is 1.48. The summed E-state index contributed by atoms with van der Waals surface area (Å²) >= 11 is 0. The number of hydrogen-bond donors (Lipinski definition) is 0. The molecule has 7 heteroatoms. The van der Waals surface area contributed by atoms with Crippen LogP contribution in [0.3, 0.4) is 0 Å². The molecule has 0 fully saturated rings. The Morgan fingerprint density at radius 3 is 2.62 bits per heavy atom. The summed E-state index contributed by atoms with van der Waals surface area (Å²) in [7, 11) is 1.81. The molecule has 4 rings (SSSR count). The minimum Gasteiger partial charge on any atom is -0.457 e. The number of rotatable bonds is 3. The van der Waals surface area contributed by atoms with Crippen LogP contribution in [0.5, 0.6) is 0 Å². The second-order valence-corrected chi connectivity index (χ2v) is 6.43. The summed E-state index contributed by atoms with van der Waals surface area (Å²) in [6, 6.07) is 17.7. The van der Waals surface area contributed by atoms with Crippen LogP contribution >= 0.6 is 0 Å². The number of nitrogens with zero attached hydrogens (tertiary/aromatic N) is 3. The third-order valence-corrected chi connectivity index (χ3v) is 4.54. The van der Waals surface area contributed by atoms with Gasteiger partial charge in [0, 0.05) is 18.7 Å². The van der Waals surface area contributed by atoms with E-state index in [0.717, 1.165) is 23.2 Å². The van der Waals surface area contributed by atoms with Crippen LogP contribution in [-0.2, 0) is 13.2 Å². The lowest BCUT2D eigenvalue weighted by Crippen LogP contribution is -2.04. The number of imidazole rings is 1. The van der Waals surface area contributed by atoms with E-state index >= 15 is 0 Å². The fourth-order valence-corrected chi connectivity index (χ4v) is 3.11. The molecule has 0 saturated carbocycles. The summed E-state index contributed by atoms with van der Waals surface area (Å²) in [4.78, 5) is 4.49. The van der Waals surface area contributed by atoms with Crippen LogP contribution < -0.4 is 0 Å². The van der Waals surface area contributed by atoms with Crippen molar-refractivity contribution >= 4 is 22.7 Å². The van der Waals surface area contributed by atoms with Gasteiger partial charge in [-0.25, -0.2) is 4.98 Å². The number of halogens is 3. The Balaban J connectivity index is 1.71. The Hall–Kier alpha value is -3.79. The van der Waals surface area contributed by atoms with Gasteiger partial charge >= 0.3 is 6.18 Å². The van der Waals surface area contributed by atoms with Crippen LogP contribution in [0.1, 0.15) is 17.1 Å². The third-order valence-electron chi connectivity index (χ3n) is 4.54. The fraction of sp³-hybridized carbons (Fsp3) is 0.0909. The molecule has 0 aliphatic heterocycles. The van der Waals surface area contributed by atoms with Gasteiger partial charge < -0.3 is 8.98 Å². The minimum absolute atomic E-state index is 0.282. The average Bonchev–Trinajstić information content (AvgIpc) is 3.31. The minimum atomic E-state index is -4.43. The van der Waals surface area contributed by atoms with Gasteiger partial charge in [-0.05, 0) is 36.4 Å². The van der Waals surface area contributed by atoms with Gasteiger partial charge in [0.2, 0.25) is 0 Å². The topological polar surface area (TPSA) is 54.8 Å². The van der Waals surface area contributed by atoms with E-state index in [1.54, 1.807) is 16.7 Å². The van der Waals surface area contributed by atoms with Crippen LogP contribution in [-0.4, -0.2) is 9.55 Å². The van der Waals surface area contributed by atoms with Crippen molar-refractivity contribution in [3.63, 3.8) is 0 Å². The Morgan fingerprint density at radius 1 is 1.10 bits per heavy atom. The number of para-hydroxylation sites is 2. The average molecular weight is 393 g/mol. The highest BCUT2D eigenvalue weighted by atomic mass is 19.4. The second kappa shape index (κ2) is 6.99. The number of nitriles is 1. The third kappa shape index (κ3) is 3.52. The summed E-state index contributed by atoms with van der Waals surface area (Å²) in [5, 5.41) is 9.60. The second-order valence-electron chi connectivity index (χ2n) is 6.43. The molecular formula is C22H14F3N3O. The molecule has 0 N–H and O–H groups in total. The van der Waals surface area contributed by atoms with Crippen molar-refractivity contribution in [2.75, 3.05) is 0 Å². The van der Waals surface area contributed by atoms with Gasteiger partial charge in [0.25, 0.3) is 0 Å². The normalized spacial score (nSPS) is 12.3. The monoisotopic (exact) mass is 393 g/mol. The molecule has 0 aliphatic carbocycles. The van der Waals surface area contributed by atoms with Crippen molar-refractivity contribution in [3.8, 4) is 17.4 Å². The number of furan rings is 1. The molecule has 2 aromatic carbocycles. The zero-order chi connectivity index (χ0) is 20.6. The Morgan fingerprint density at radius 2 is 1.90 bits per heavy atom. The first-order valence-corrected chi connectivity index (χ1v) is 8.68. The highest BCUT2D eigenvalue weighted by molar-refractivity contribution is 5.90. The summed E-state index contributed by atoms with van der Waals surface area (Å²) in [6.07, 6.45) is -2.90. The molecule has 144 valence electrons. The van der Waals surface area contributed by atoms with E-state index in [4.69, 9.17) is 4.42 Å². The van der Waals surface area contributed by atoms with Gasteiger partial charge in [-0.2, -0.15) is 18.4 Å². The predicted octanol–water partition coefficient (Wildman–Crippen LogP) is 5.92. The smallest absolute Gasteiger partial charge is 0.416 e. The first-order chi connectivity index (χ1) is 13.9. The van der Waals surface area contributed by atoms with E-state index in [0.29, 0.717) is 17.1 Å². The van der Waals surface area contributed by atoms with Crippen molar-refractivity contribution in [3.05, 3.63) is 77.8 Å². The van der Waals surface area contributed by atoms with E-state index < -0.39 is 11.7 Å². The molecule has 0 radical (unpaired) electrons. The molecule has 0 amide bonds. The van der Waals surface area contributed by atoms with Gasteiger partial charge in [-0.15, -0.1) is 0 Å². The van der Waals surface area contributed by atoms with Crippen LogP contribution in [0, 0.1) is 11.3 Å². The molecule has 4 nitrogen and oxygen atoms in total. The summed E-state index contributed by atoms with van der Waals surface area (Å²) < 4.78 is 46.3. The number of aryl methyl sites for hydroxylation is 1. The number of aromatic nitrogens is 2. The van der Waals surface area contributed by atoms with Crippen molar-refractivity contribution in [1.82, 2.24) is 9.55 Å². The van der Waals surface area contributed by atoms with Crippen LogP contribution in [0.25, 0.3) is 34.0 Å². The number of hydrogen-bond acceptors (Lipinski definition) is 3. The van der Waals surface area contributed by atoms with Gasteiger partial charge in [0.1, 0.15) is 17.6 Å². The van der Waals surface area contributed by atoms with Crippen LogP contribution in [0.2, 0.25) is 0 Å². The van der Waals surface area contributed by atoms with Gasteiger partial charge in [-0.1, -0.05) is 24.3 Å². The SMILES string of the molecule is Cn1c(C(C#N)=Cc2ccc(-c3cccc(C(F)(F)F)c3)o2)nc2ccccc21. The fourth-order valence-electron chi connectivity index (χ4n) is 3.11.